The number of carboxylic acids is 1. The number of ether oxygens (including phenoxy) is 1. The Morgan fingerprint density at radius 3 is 2.00 bits per heavy atom. The normalized spacial score (nSPS) is 12.6. The van der Waals surface area contributed by atoms with Gasteiger partial charge in [0.2, 0.25) is 11.8 Å². The lowest BCUT2D eigenvalue weighted by Gasteiger charge is -2.21. The van der Waals surface area contributed by atoms with E-state index in [0.29, 0.717) is 0 Å². The van der Waals surface area contributed by atoms with Crippen molar-refractivity contribution in [3.8, 4) is 0 Å². The van der Waals surface area contributed by atoms with Crippen LogP contribution in [-0.4, -0.2) is 41.6 Å². The van der Waals surface area contributed by atoms with Crippen LogP contribution in [0.15, 0.2) is 60.7 Å². The van der Waals surface area contributed by atoms with E-state index in [1.165, 1.54) is 6.92 Å². The molecule has 7 heteroatoms. The predicted molar refractivity (Wildman–Crippen MR) is 103 cm³/mol. The Hall–Kier alpha value is -3.19. The van der Waals surface area contributed by atoms with Gasteiger partial charge in [0.05, 0.1) is 13.2 Å². The van der Waals surface area contributed by atoms with E-state index in [1.54, 1.807) is 0 Å². The third kappa shape index (κ3) is 7.20. The predicted octanol–water partition coefficient (Wildman–Crippen LogP) is 1.52. The molecular formula is C21H24N2O5. The number of carbonyl (C=O) groups excluding carboxylic acids is 2. The summed E-state index contributed by atoms with van der Waals surface area (Å²) >= 11 is 0. The molecule has 0 aromatic heterocycles. The minimum Gasteiger partial charge on any atom is -0.480 e. The number of benzene rings is 2. The number of amides is 2. The first kappa shape index (κ1) is 21.1. The molecule has 2 aromatic carbocycles. The van der Waals surface area contributed by atoms with Crippen LogP contribution in [0.5, 0.6) is 0 Å². The molecule has 0 fully saturated rings. The average Bonchev–Trinajstić information content (AvgIpc) is 2.67. The second-order valence-electron chi connectivity index (χ2n) is 6.34. The van der Waals surface area contributed by atoms with E-state index in [2.05, 4.69) is 10.6 Å². The van der Waals surface area contributed by atoms with Crippen LogP contribution < -0.4 is 10.6 Å². The molecule has 7 nitrogen and oxygen atoms in total. The highest BCUT2D eigenvalue weighted by atomic mass is 16.5. The zero-order valence-electron chi connectivity index (χ0n) is 15.6. The van der Waals surface area contributed by atoms with Gasteiger partial charge in [0.15, 0.2) is 6.04 Å². The molecule has 0 saturated heterocycles. The van der Waals surface area contributed by atoms with Gasteiger partial charge in [-0.25, -0.2) is 4.79 Å². The molecule has 0 spiro atoms. The van der Waals surface area contributed by atoms with Gasteiger partial charge in [0, 0.05) is 13.3 Å². The van der Waals surface area contributed by atoms with Crippen LogP contribution in [0, 0.1) is 0 Å². The van der Waals surface area contributed by atoms with Gasteiger partial charge in [-0.3, -0.25) is 9.59 Å². The molecule has 3 N–H and O–H groups in total. The number of hydrogen-bond donors (Lipinski definition) is 3. The summed E-state index contributed by atoms with van der Waals surface area (Å²) in [5.74, 6) is -2.15. The van der Waals surface area contributed by atoms with Crippen molar-refractivity contribution in [3.63, 3.8) is 0 Å². The number of carbonyl (C=O) groups is 3. The largest absolute Gasteiger partial charge is 0.480 e. The molecule has 0 heterocycles. The Balaban J connectivity index is 1.96. The molecule has 2 aromatic rings. The van der Waals surface area contributed by atoms with Gasteiger partial charge >= 0.3 is 5.97 Å². The second kappa shape index (κ2) is 10.8. The summed E-state index contributed by atoms with van der Waals surface area (Å²) in [6, 6.07) is 16.4. The molecule has 0 bridgehead atoms. The van der Waals surface area contributed by atoms with Crippen molar-refractivity contribution >= 4 is 17.8 Å². The molecule has 28 heavy (non-hydrogen) atoms. The lowest BCUT2D eigenvalue weighted by Crippen LogP contribution is -2.53. The van der Waals surface area contributed by atoms with Crippen molar-refractivity contribution in [3.05, 3.63) is 71.8 Å². The van der Waals surface area contributed by atoms with E-state index in [0.717, 1.165) is 11.1 Å². The summed E-state index contributed by atoms with van der Waals surface area (Å²) in [6.07, 6.45) is 0.253. The number of hydrogen-bond acceptors (Lipinski definition) is 4. The first-order valence-electron chi connectivity index (χ1n) is 8.91. The highest BCUT2D eigenvalue weighted by Gasteiger charge is 2.26. The van der Waals surface area contributed by atoms with Crippen molar-refractivity contribution in [2.24, 2.45) is 0 Å². The fourth-order valence-electron chi connectivity index (χ4n) is 2.62. The Kier molecular flexibility index (Phi) is 8.17. The van der Waals surface area contributed by atoms with Crippen LogP contribution in [0.4, 0.5) is 0 Å². The van der Waals surface area contributed by atoms with Gasteiger partial charge in [-0.1, -0.05) is 60.7 Å². The van der Waals surface area contributed by atoms with Crippen molar-refractivity contribution in [1.29, 1.82) is 0 Å². The van der Waals surface area contributed by atoms with Gasteiger partial charge in [0.1, 0.15) is 6.04 Å². The molecule has 2 amide bonds. The molecule has 0 saturated carbocycles. The van der Waals surface area contributed by atoms with Crippen LogP contribution in [0.3, 0.4) is 0 Å². The van der Waals surface area contributed by atoms with Crippen molar-refractivity contribution in [1.82, 2.24) is 10.6 Å². The van der Waals surface area contributed by atoms with Gasteiger partial charge in [0.25, 0.3) is 0 Å². The van der Waals surface area contributed by atoms with Gasteiger partial charge in [-0.2, -0.15) is 0 Å². The molecule has 2 rings (SSSR count). The van der Waals surface area contributed by atoms with Crippen molar-refractivity contribution < 1.29 is 24.2 Å². The Labute approximate surface area is 163 Å². The van der Waals surface area contributed by atoms with Crippen molar-refractivity contribution in [2.45, 2.75) is 32.0 Å². The Bertz CT molecular complexity index is 780. The van der Waals surface area contributed by atoms with E-state index in [-0.39, 0.29) is 25.5 Å². The zero-order valence-corrected chi connectivity index (χ0v) is 15.6. The summed E-state index contributed by atoms with van der Waals surface area (Å²) in [5.41, 5.74) is 1.75. The summed E-state index contributed by atoms with van der Waals surface area (Å²) in [6.45, 7) is 1.36. The Morgan fingerprint density at radius 2 is 1.46 bits per heavy atom. The highest BCUT2D eigenvalue weighted by Crippen LogP contribution is 2.05. The molecule has 0 unspecified atom stereocenters. The van der Waals surface area contributed by atoms with Crippen LogP contribution in [0.2, 0.25) is 0 Å². The first-order chi connectivity index (χ1) is 13.5. The summed E-state index contributed by atoms with van der Waals surface area (Å²) < 4.78 is 5.44. The zero-order chi connectivity index (χ0) is 20.4. The number of rotatable bonds is 10. The second-order valence-corrected chi connectivity index (χ2v) is 6.34. The van der Waals surface area contributed by atoms with Crippen LogP contribution >= 0.6 is 0 Å². The molecule has 0 aliphatic heterocycles. The highest BCUT2D eigenvalue weighted by molar-refractivity contribution is 5.90. The van der Waals surface area contributed by atoms with E-state index in [1.807, 2.05) is 60.7 Å². The maximum atomic E-state index is 12.6. The Morgan fingerprint density at radius 1 is 0.893 bits per heavy atom. The summed E-state index contributed by atoms with van der Waals surface area (Å²) in [4.78, 5) is 35.6. The third-order valence-corrected chi connectivity index (χ3v) is 3.99. The van der Waals surface area contributed by atoms with Gasteiger partial charge in [-0.05, 0) is 11.1 Å². The summed E-state index contributed by atoms with van der Waals surface area (Å²) in [5, 5.41) is 14.4. The lowest BCUT2D eigenvalue weighted by molar-refractivity contribution is -0.144. The number of carboxylic acid groups (broad SMARTS) is 1. The lowest BCUT2D eigenvalue weighted by atomic mass is 10.0. The van der Waals surface area contributed by atoms with E-state index in [9.17, 15) is 19.5 Å². The fraction of sp³-hybridized carbons (Fsp3) is 0.286. The number of nitrogens with one attached hydrogen (secondary N) is 2. The third-order valence-electron chi connectivity index (χ3n) is 3.99. The fourth-order valence-corrected chi connectivity index (χ4v) is 2.62. The quantitative estimate of drug-likeness (QED) is 0.576. The molecule has 0 radical (unpaired) electrons. The SMILES string of the molecule is CC(=O)N[C@@H](Cc1ccccc1)C(=O)N[C@@H](COCc1ccccc1)C(=O)O. The smallest absolute Gasteiger partial charge is 0.328 e. The van der Waals surface area contributed by atoms with E-state index < -0.39 is 24.0 Å². The first-order valence-corrected chi connectivity index (χ1v) is 8.91. The van der Waals surface area contributed by atoms with Crippen LogP contribution in [-0.2, 0) is 32.1 Å². The van der Waals surface area contributed by atoms with E-state index >= 15 is 0 Å². The maximum absolute atomic E-state index is 12.6. The van der Waals surface area contributed by atoms with Crippen LogP contribution in [0.1, 0.15) is 18.1 Å². The monoisotopic (exact) mass is 384 g/mol. The minimum absolute atomic E-state index is 0.186. The molecule has 148 valence electrons. The van der Waals surface area contributed by atoms with E-state index in [4.69, 9.17) is 4.74 Å². The van der Waals surface area contributed by atoms with Crippen LogP contribution in [0.25, 0.3) is 0 Å². The number of aliphatic carboxylic acids is 1. The molecule has 0 aliphatic carbocycles. The molecular weight excluding hydrogens is 360 g/mol. The molecule has 0 aliphatic rings. The maximum Gasteiger partial charge on any atom is 0.328 e. The van der Waals surface area contributed by atoms with Gasteiger partial charge in [-0.15, -0.1) is 0 Å². The molecule has 2 atom stereocenters. The minimum atomic E-state index is -1.22. The topological polar surface area (TPSA) is 105 Å². The average molecular weight is 384 g/mol. The van der Waals surface area contributed by atoms with Crippen molar-refractivity contribution in [2.75, 3.05) is 6.61 Å². The standard InChI is InChI=1S/C21H24N2O5/c1-15(24)22-18(12-16-8-4-2-5-9-16)20(25)23-19(21(26)27)14-28-13-17-10-6-3-7-11-17/h2-11,18-19H,12-14H2,1H3,(H,22,24)(H,23,25)(H,26,27)/t18-,19-/m0/s1. The van der Waals surface area contributed by atoms with Gasteiger partial charge < -0.3 is 20.5 Å². The summed E-state index contributed by atoms with van der Waals surface area (Å²) in [7, 11) is 0.